The summed E-state index contributed by atoms with van der Waals surface area (Å²) in [6, 6.07) is 5.34. The monoisotopic (exact) mass is 287 g/mol. The summed E-state index contributed by atoms with van der Waals surface area (Å²) < 4.78 is 14.1. The van der Waals surface area contributed by atoms with E-state index in [1.807, 2.05) is 7.05 Å². The van der Waals surface area contributed by atoms with Crippen molar-refractivity contribution >= 4 is 15.9 Å². The molecule has 1 unspecified atom stereocenters. The topological polar surface area (TPSA) is 12.0 Å². The average Bonchev–Trinajstić information content (AvgIpc) is 2.23. The van der Waals surface area contributed by atoms with Gasteiger partial charge in [-0.1, -0.05) is 29.8 Å². The molecule has 1 atom stereocenters. The third-order valence-corrected chi connectivity index (χ3v) is 3.68. The van der Waals surface area contributed by atoms with Gasteiger partial charge in [-0.3, -0.25) is 0 Å². The maximum absolute atomic E-state index is 13.1. The van der Waals surface area contributed by atoms with Gasteiger partial charge in [0.2, 0.25) is 0 Å². The molecule has 0 amide bonds. The minimum Gasteiger partial charge on any atom is -0.317 e. The average molecular weight is 288 g/mol. The van der Waals surface area contributed by atoms with Crippen molar-refractivity contribution in [2.75, 3.05) is 7.05 Å². The van der Waals surface area contributed by atoms with Gasteiger partial charge in [0.05, 0.1) is 0 Å². The summed E-state index contributed by atoms with van der Waals surface area (Å²) in [7, 11) is 1.98. The van der Waals surface area contributed by atoms with Gasteiger partial charge >= 0.3 is 0 Å². The minimum atomic E-state index is -0.163. The molecule has 1 nitrogen and oxygen atoms in total. The Labute approximate surface area is 106 Å². The van der Waals surface area contributed by atoms with E-state index in [0.29, 0.717) is 12.0 Å². The van der Waals surface area contributed by atoms with Crippen LogP contribution in [0.3, 0.4) is 0 Å². The van der Waals surface area contributed by atoms with Crippen molar-refractivity contribution in [1.29, 1.82) is 0 Å². The molecule has 16 heavy (non-hydrogen) atoms. The molecule has 0 aromatic heterocycles. The zero-order chi connectivity index (χ0) is 12.1. The number of nitrogens with one attached hydrogen (secondary N) is 1. The number of halogens is 2. The van der Waals surface area contributed by atoms with E-state index < -0.39 is 0 Å². The Balaban J connectivity index is 2.63. The van der Waals surface area contributed by atoms with E-state index in [1.165, 1.54) is 6.07 Å². The van der Waals surface area contributed by atoms with Crippen LogP contribution in [0.15, 0.2) is 22.7 Å². The molecule has 90 valence electrons. The van der Waals surface area contributed by atoms with Crippen LogP contribution in [0.1, 0.15) is 25.8 Å². The van der Waals surface area contributed by atoms with Crippen molar-refractivity contribution in [3.05, 3.63) is 34.1 Å². The van der Waals surface area contributed by atoms with Gasteiger partial charge in [-0.2, -0.15) is 0 Å². The van der Waals surface area contributed by atoms with Crippen LogP contribution in [-0.2, 0) is 6.42 Å². The summed E-state index contributed by atoms with van der Waals surface area (Å²) in [5, 5.41) is 3.30. The molecule has 0 fully saturated rings. The Morgan fingerprint density at radius 3 is 2.62 bits per heavy atom. The zero-order valence-electron chi connectivity index (χ0n) is 10.1. The first kappa shape index (κ1) is 13.7. The first-order valence-corrected chi connectivity index (χ1v) is 6.45. The molecule has 1 aromatic rings. The summed E-state index contributed by atoms with van der Waals surface area (Å²) in [6.07, 6.45) is 1.91. The van der Waals surface area contributed by atoms with Crippen LogP contribution < -0.4 is 5.32 Å². The number of hydrogen-bond acceptors (Lipinski definition) is 1. The highest BCUT2D eigenvalue weighted by Crippen LogP contribution is 2.20. The first-order chi connectivity index (χ1) is 7.54. The van der Waals surface area contributed by atoms with E-state index in [-0.39, 0.29) is 5.82 Å². The summed E-state index contributed by atoms with van der Waals surface area (Å²) in [4.78, 5) is 0. The van der Waals surface area contributed by atoms with Crippen LogP contribution in [0.2, 0.25) is 0 Å². The molecular formula is C13H19BrFN. The normalized spacial score (nSPS) is 13.1. The third-order valence-electron chi connectivity index (χ3n) is 2.91. The highest BCUT2D eigenvalue weighted by Gasteiger charge is 2.11. The Bertz CT molecular complexity index is 339. The molecule has 0 heterocycles. The fourth-order valence-electron chi connectivity index (χ4n) is 1.86. The standard InChI is InChI=1S/C13H19BrFN/c1-9(2)13(16-3)7-4-10-8-11(15)5-6-12(10)14/h5-6,8-9,13,16H,4,7H2,1-3H3. The quantitative estimate of drug-likeness (QED) is 0.869. The molecule has 0 aliphatic rings. The Morgan fingerprint density at radius 1 is 1.38 bits per heavy atom. The summed E-state index contributed by atoms with van der Waals surface area (Å²) in [6.45, 7) is 4.39. The van der Waals surface area contributed by atoms with Crippen LogP contribution in [0, 0.1) is 11.7 Å². The molecule has 0 bridgehead atoms. The van der Waals surface area contributed by atoms with Gasteiger partial charge in [0.25, 0.3) is 0 Å². The maximum Gasteiger partial charge on any atom is 0.123 e. The number of hydrogen-bond donors (Lipinski definition) is 1. The number of benzene rings is 1. The smallest absolute Gasteiger partial charge is 0.123 e. The van der Waals surface area contributed by atoms with Crippen molar-refractivity contribution in [3.63, 3.8) is 0 Å². The summed E-state index contributed by atoms with van der Waals surface area (Å²) in [5.74, 6) is 0.432. The minimum absolute atomic E-state index is 0.163. The maximum atomic E-state index is 13.1. The van der Waals surface area contributed by atoms with Gasteiger partial charge < -0.3 is 5.32 Å². The van der Waals surface area contributed by atoms with Crippen LogP contribution in [-0.4, -0.2) is 13.1 Å². The lowest BCUT2D eigenvalue weighted by atomic mass is 9.97. The molecule has 0 aliphatic heterocycles. The predicted molar refractivity (Wildman–Crippen MR) is 70.1 cm³/mol. The van der Waals surface area contributed by atoms with Crippen molar-refractivity contribution in [2.24, 2.45) is 5.92 Å². The second kappa shape index (κ2) is 6.36. The first-order valence-electron chi connectivity index (χ1n) is 5.65. The predicted octanol–water partition coefficient (Wildman–Crippen LogP) is 3.76. The fraction of sp³-hybridized carbons (Fsp3) is 0.538. The van der Waals surface area contributed by atoms with E-state index in [9.17, 15) is 4.39 Å². The van der Waals surface area contributed by atoms with Crippen molar-refractivity contribution in [3.8, 4) is 0 Å². The second-order valence-electron chi connectivity index (χ2n) is 4.41. The highest BCUT2D eigenvalue weighted by molar-refractivity contribution is 9.10. The van der Waals surface area contributed by atoms with Gasteiger partial charge in [0, 0.05) is 10.5 Å². The van der Waals surface area contributed by atoms with Crippen molar-refractivity contribution in [1.82, 2.24) is 5.32 Å². The molecule has 3 heteroatoms. The van der Waals surface area contributed by atoms with Crippen molar-refractivity contribution < 1.29 is 4.39 Å². The molecular weight excluding hydrogens is 269 g/mol. The highest BCUT2D eigenvalue weighted by atomic mass is 79.9. The fourth-order valence-corrected chi connectivity index (χ4v) is 2.30. The van der Waals surface area contributed by atoms with E-state index in [2.05, 4.69) is 35.1 Å². The molecule has 1 aromatic carbocycles. The Hall–Kier alpha value is -0.410. The van der Waals surface area contributed by atoms with E-state index in [1.54, 1.807) is 12.1 Å². The third kappa shape index (κ3) is 3.87. The van der Waals surface area contributed by atoms with Gasteiger partial charge in [-0.15, -0.1) is 0 Å². The lowest BCUT2D eigenvalue weighted by Gasteiger charge is -2.20. The van der Waals surface area contributed by atoms with E-state index in [4.69, 9.17) is 0 Å². The molecule has 0 saturated heterocycles. The van der Waals surface area contributed by atoms with Gasteiger partial charge in [0.1, 0.15) is 5.82 Å². The molecule has 0 saturated carbocycles. The lowest BCUT2D eigenvalue weighted by molar-refractivity contribution is 0.402. The van der Waals surface area contributed by atoms with E-state index >= 15 is 0 Å². The SMILES string of the molecule is CNC(CCc1cc(F)ccc1Br)C(C)C. The summed E-state index contributed by atoms with van der Waals surface area (Å²) >= 11 is 3.45. The molecule has 0 radical (unpaired) electrons. The molecule has 0 aliphatic carbocycles. The largest absolute Gasteiger partial charge is 0.317 e. The van der Waals surface area contributed by atoms with Crippen LogP contribution in [0.5, 0.6) is 0 Å². The molecule has 0 spiro atoms. The molecule has 1 N–H and O–H groups in total. The Kier molecular flexibility index (Phi) is 5.42. The Morgan fingerprint density at radius 2 is 2.06 bits per heavy atom. The lowest BCUT2D eigenvalue weighted by Crippen LogP contribution is -2.31. The van der Waals surface area contributed by atoms with Gasteiger partial charge in [-0.05, 0) is 49.6 Å². The zero-order valence-corrected chi connectivity index (χ0v) is 11.6. The van der Waals surface area contributed by atoms with E-state index in [0.717, 1.165) is 22.9 Å². The van der Waals surface area contributed by atoms with Crippen LogP contribution in [0.25, 0.3) is 0 Å². The van der Waals surface area contributed by atoms with Gasteiger partial charge in [0.15, 0.2) is 0 Å². The number of aryl methyl sites for hydroxylation is 1. The summed E-state index contributed by atoms with van der Waals surface area (Å²) in [5.41, 5.74) is 1.04. The van der Waals surface area contributed by atoms with Crippen molar-refractivity contribution in [2.45, 2.75) is 32.7 Å². The van der Waals surface area contributed by atoms with Gasteiger partial charge in [-0.25, -0.2) is 4.39 Å². The van der Waals surface area contributed by atoms with Crippen LogP contribution >= 0.6 is 15.9 Å². The molecule has 1 rings (SSSR count). The number of rotatable bonds is 5. The van der Waals surface area contributed by atoms with Crippen LogP contribution in [0.4, 0.5) is 4.39 Å². The second-order valence-corrected chi connectivity index (χ2v) is 5.27.